The molecular weight excluding hydrogens is 457 g/mol. The second-order valence-corrected chi connectivity index (χ2v) is 11.4. The zero-order chi connectivity index (χ0) is 25.6. The smallest absolute Gasteiger partial charge is 0.259 e. The van der Waals surface area contributed by atoms with E-state index < -0.39 is 14.1 Å². The van der Waals surface area contributed by atoms with Crippen LogP contribution in [0.25, 0.3) is 4.85 Å². The molecular formula is C24H44N3O6P. The van der Waals surface area contributed by atoms with Gasteiger partial charge in [-0.3, -0.25) is 4.84 Å². The van der Waals surface area contributed by atoms with Crippen molar-refractivity contribution in [1.29, 1.82) is 0 Å². The van der Waals surface area contributed by atoms with Crippen LogP contribution in [-0.2, 0) is 28.1 Å². The number of fused-ring (bicyclic) bond motifs is 2. The molecule has 0 N–H and O–H groups in total. The van der Waals surface area contributed by atoms with E-state index >= 15 is 0 Å². The number of ether oxygens (including phenoxy) is 3. The number of hydrogen-bond acceptors (Lipinski definition) is 8. The van der Waals surface area contributed by atoms with Crippen molar-refractivity contribution < 1.29 is 29.5 Å². The highest BCUT2D eigenvalue weighted by Crippen LogP contribution is 2.49. The van der Waals surface area contributed by atoms with Crippen LogP contribution >= 0.6 is 8.53 Å². The molecule has 0 aromatic carbocycles. The summed E-state index contributed by atoms with van der Waals surface area (Å²) in [6, 6.07) is 0.490. The molecule has 0 amide bonds. The summed E-state index contributed by atoms with van der Waals surface area (Å²) in [5.74, 6) is 0.124. The van der Waals surface area contributed by atoms with Gasteiger partial charge >= 0.3 is 0 Å². The molecule has 196 valence electrons. The fourth-order valence-electron chi connectivity index (χ4n) is 4.91. The highest BCUT2D eigenvalue weighted by atomic mass is 31.2. The summed E-state index contributed by atoms with van der Waals surface area (Å²) in [5, 5.41) is 1.83. The van der Waals surface area contributed by atoms with Gasteiger partial charge in [0.2, 0.25) is 6.54 Å². The summed E-state index contributed by atoms with van der Waals surface area (Å²) in [6.07, 6.45) is 1.48. The third kappa shape index (κ3) is 6.88. The number of hydroxylamine groups is 2. The number of rotatable bonds is 14. The Morgan fingerprint density at radius 1 is 1.29 bits per heavy atom. The SMILES string of the molecule is [2H]C[C@@]12CO[C@@H](CO1)[C@@H]2CN(C)OC[C@H]1O[C@@H](CC)C[C@@H]1OP(OCC[N+]#[C-])N(C(C)C)C(C)C. The summed E-state index contributed by atoms with van der Waals surface area (Å²) < 4.78 is 40.9. The highest BCUT2D eigenvalue weighted by molar-refractivity contribution is 7.44. The second kappa shape index (κ2) is 12.7. The van der Waals surface area contributed by atoms with Crippen molar-refractivity contribution in [3.8, 4) is 0 Å². The topological polar surface area (TPSA) is 66.2 Å². The van der Waals surface area contributed by atoms with Crippen LogP contribution in [0.3, 0.4) is 0 Å². The van der Waals surface area contributed by atoms with Gasteiger partial charge < -0.3 is 28.1 Å². The van der Waals surface area contributed by atoms with Gasteiger partial charge in [0.1, 0.15) is 12.7 Å². The fourth-order valence-corrected chi connectivity index (χ4v) is 6.66. The molecule has 3 heterocycles. The van der Waals surface area contributed by atoms with E-state index in [1.54, 1.807) is 0 Å². The molecule has 0 saturated carbocycles. The van der Waals surface area contributed by atoms with Gasteiger partial charge in [-0.25, -0.2) is 11.2 Å². The van der Waals surface area contributed by atoms with E-state index in [-0.39, 0.29) is 49.3 Å². The lowest BCUT2D eigenvalue weighted by molar-refractivity contribution is -0.184. The van der Waals surface area contributed by atoms with Crippen molar-refractivity contribution in [3.05, 3.63) is 11.4 Å². The minimum atomic E-state index is -1.34. The van der Waals surface area contributed by atoms with Gasteiger partial charge in [-0.05, 0) is 41.0 Å². The molecule has 0 radical (unpaired) electrons. The molecule has 34 heavy (non-hydrogen) atoms. The summed E-state index contributed by atoms with van der Waals surface area (Å²) in [4.78, 5) is 9.56. The third-order valence-corrected chi connectivity index (χ3v) is 8.88. The first kappa shape index (κ1) is 26.7. The Morgan fingerprint density at radius 3 is 2.65 bits per heavy atom. The second-order valence-electron chi connectivity index (χ2n) is 10.0. The third-order valence-electron chi connectivity index (χ3n) is 6.72. The lowest BCUT2D eigenvalue weighted by atomic mass is 9.91. The van der Waals surface area contributed by atoms with Gasteiger partial charge in [-0.1, -0.05) is 6.92 Å². The lowest BCUT2D eigenvalue weighted by Gasteiger charge is -2.37. The number of nitrogens with zero attached hydrogens (tertiary/aromatic N) is 3. The highest BCUT2D eigenvalue weighted by Gasteiger charge is 2.53. The molecule has 0 aromatic heterocycles. The average molecular weight is 503 g/mol. The first-order chi connectivity index (χ1) is 16.7. The van der Waals surface area contributed by atoms with Crippen LogP contribution in [-0.4, -0.2) is 98.4 Å². The maximum atomic E-state index is 7.95. The molecule has 3 fully saturated rings. The summed E-state index contributed by atoms with van der Waals surface area (Å²) in [6.45, 7) is 20.7. The standard InChI is InChI=1S/C24H44N3O6P/c1-9-19-12-21(33-34(31-11-10-25-7)27(17(2)3)18(4)5)23(32-19)15-30-26(8)13-20-22-14-29-24(20,6)16-28-22/h17-23H,9-16H2,1-6,8H3/t19-,20-,21-,22-,23+,24-,34?/m0/s1/i6D. The van der Waals surface area contributed by atoms with Gasteiger partial charge in [0, 0.05) is 39.4 Å². The van der Waals surface area contributed by atoms with E-state index in [1.807, 2.05) is 12.1 Å². The van der Waals surface area contributed by atoms with Gasteiger partial charge in [0.25, 0.3) is 8.53 Å². The normalized spacial score (nSPS) is 34.5. The predicted octanol–water partition coefficient (Wildman–Crippen LogP) is 3.89. The van der Waals surface area contributed by atoms with Crippen molar-refractivity contribution in [2.75, 3.05) is 46.6 Å². The Labute approximate surface area is 208 Å². The molecule has 3 aliphatic heterocycles. The summed E-state index contributed by atoms with van der Waals surface area (Å²) in [5.41, 5.74) is -0.513. The molecule has 0 spiro atoms. The first-order valence-electron chi connectivity index (χ1n) is 13.2. The predicted molar refractivity (Wildman–Crippen MR) is 131 cm³/mol. The van der Waals surface area contributed by atoms with Crippen molar-refractivity contribution in [1.82, 2.24) is 9.73 Å². The molecule has 10 heteroatoms. The quantitative estimate of drug-likeness (QED) is 0.153. The van der Waals surface area contributed by atoms with Gasteiger partial charge in [0.15, 0.2) is 0 Å². The molecule has 1 unspecified atom stereocenters. The minimum absolute atomic E-state index is 0.0314. The van der Waals surface area contributed by atoms with E-state index in [2.05, 4.69) is 44.1 Å². The molecule has 9 nitrogen and oxygen atoms in total. The van der Waals surface area contributed by atoms with Crippen LogP contribution in [0.15, 0.2) is 0 Å². The molecule has 0 aromatic rings. The monoisotopic (exact) mass is 502 g/mol. The van der Waals surface area contributed by atoms with Gasteiger partial charge in [-0.2, -0.15) is 5.06 Å². The van der Waals surface area contributed by atoms with Crippen LogP contribution < -0.4 is 0 Å². The number of hydrogen-bond donors (Lipinski definition) is 0. The lowest BCUT2D eigenvalue weighted by Crippen LogP contribution is -2.41. The Hall–Kier alpha value is -0.400. The Kier molecular flexibility index (Phi) is 9.97. The summed E-state index contributed by atoms with van der Waals surface area (Å²) >= 11 is 0. The molecule has 2 bridgehead atoms. The van der Waals surface area contributed by atoms with Crippen molar-refractivity contribution >= 4 is 8.53 Å². The maximum absolute atomic E-state index is 7.95. The Bertz CT molecular complexity index is 683. The van der Waals surface area contributed by atoms with E-state index in [4.69, 9.17) is 36.0 Å². The van der Waals surface area contributed by atoms with Crippen molar-refractivity contribution in [2.45, 2.75) is 96.5 Å². The van der Waals surface area contributed by atoms with E-state index in [0.29, 0.717) is 39.5 Å². The van der Waals surface area contributed by atoms with Crippen LogP contribution in [0.5, 0.6) is 0 Å². The van der Waals surface area contributed by atoms with Crippen LogP contribution in [0.1, 0.15) is 55.7 Å². The van der Waals surface area contributed by atoms with E-state index in [1.165, 1.54) is 0 Å². The maximum Gasteiger partial charge on any atom is 0.259 e. The fraction of sp³-hybridized carbons (Fsp3) is 0.958. The summed E-state index contributed by atoms with van der Waals surface area (Å²) in [7, 11) is 0.575. The first-order valence-corrected chi connectivity index (χ1v) is 13.6. The molecule has 0 aliphatic carbocycles. The van der Waals surface area contributed by atoms with Gasteiger partial charge in [-0.15, -0.1) is 0 Å². The Balaban J connectivity index is 1.60. The zero-order valence-electron chi connectivity index (χ0n) is 22.6. The average Bonchev–Trinajstić information content (AvgIpc) is 3.48. The van der Waals surface area contributed by atoms with Crippen LogP contribution in [0.4, 0.5) is 0 Å². The molecule has 3 aliphatic rings. The van der Waals surface area contributed by atoms with Gasteiger partial charge in [0.05, 0.1) is 43.7 Å². The van der Waals surface area contributed by atoms with E-state index in [9.17, 15) is 0 Å². The zero-order valence-corrected chi connectivity index (χ0v) is 22.5. The van der Waals surface area contributed by atoms with Crippen molar-refractivity contribution in [3.63, 3.8) is 0 Å². The van der Waals surface area contributed by atoms with Crippen LogP contribution in [0.2, 0.25) is 0 Å². The Morgan fingerprint density at radius 2 is 2.06 bits per heavy atom. The molecule has 7 atom stereocenters. The largest absolute Gasteiger partial charge is 0.372 e. The minimum Gasteiger partial charge on any atom is -0.372 e. The van der Waals surface area contributed by atoms with Crippen LogP contribution in [0, 0.1) is 12.5 Å². The van der Waals surface area contributed by atoms with Crippen molar-refractivity contribution in [2.24, 2.45) is 5.92 Å². The molecule has 3 rings (SSSR count). The van der Waals surface area contributed by atoms with E-state index in [0.717, 1.165) is 12.8 Å². The molecule has 3 saturated heterocycles.